The highest BCUT2D eigenvalue weighted by Crippen LogP contribution is 2.44. The van der Waals surface area contributed by atoms with Crippen molar-refractivity contribution in [2.75, 3.05) is 33.8 Å². The van der Waals surface area contributed by atoms with Crippen LogP contribution in [0.3, 0.4) is 0 Å². The van der Waals surface area contributed by atoms with Crippen molar-refractivity contribution in [2.24, 2.45) is 11.8 Å². The van der Waals surface area contributed by atoms with Crippen LogP contribution in [-0.4, -0.2) is 43.6 Å². The van der Waals surface area contributed by atoms with Crippen molar-refractivity contribution < 1.29 is 22.3 Å². The molecule has 2 aliphatic rings. The SMILES string of the molecule is COc1ccc([C@H]2[C@@H]3CN(Cc4ccc(C(F)(F)F)o4)C[C@@H]3CN2C)cc1.Cl.Cl. The molecule has 1 aromatic carbocycles. The van der Waals surface area contributed by atoms with E-state index < -0.39 is 11.9 Å². The lowest BCUT2D eigenvalue weighted by atomic mass is 9.89. The maximum atomic E-state index is 12.7. The summed E-state index contributed by atoms with van der Waals surface area (Å²) in [5.74, 6) is 1.26. The molecule has 1 aromatic heterocycles. The van der Waals surface area contributed by atoms with Gasteiger partial charge in [-0.05, 0) is 48.7 Å². The molecule has 3 atom stereocenters. The minimum Gasteiger partial charge on any atom is -0.497 e. The third-order valence-corrected chi connectivity index (χ3v) is 5.75. The Bertz CT molecular complexity index is 798. The summed E-state index contributed by atoms with van der Waals surface area (Å²) in [6.45, 7) is 3.14. The number of methoxy groups -OCH3 is 1. The molecule has 0 bridgehead atoms. The standard InChI is InChI=1S/C20H23F3N2O2.2ClH/c1-24-9-14-10-25(11-16-7-8-18(27-16)20(21,22)23)12-17(14)19(24)13-3-5-15(26-2)6-4-13;;/h3-8,14,17,19H,9-12H2,1-2H3;2*1H/t14-,17+,19-;;/m0../s1. The molecule has 29 heavy (non-hydrogen) atoms. The summed E-state index contributed by atoms with van der Waals surface area (Å²) in [5, 5.41) is 0. The highest BCUT2D eigenvalue weighted by molar-refractivity contribution is 5.85. The molecule has 2 aliphatic heterocycles. The number of fused-ring (bicyclic) bond motifs is 1. The number of likely N-dealkylation sites (tertiary alicyclic amines) is 2. The zero-order valence-electron chi connectivity index (χ0n) is 16.2. The minimum atomic E-state index is -4.43. The zero-order chi connectivity index (χ0) is 19.2. The molecule has 0 unspecified atom stereocenters. The quantitative estimate of drug-likeness (QED) is 0.660. The van der Waals surface area contributed by atoms with Crippen LogP contribution in [0, 0.1) is 11.8 Å². The van der Waals surface area contributed by atoms with E-state index in [-0.39, 0.29) is 24.8 Å². The van der Waals surface area contributed by atoms with Gasteiger partial charge in [0.15, 0.2) is 0 Å². The van der Waals surface area contributed by atoms with E-state index in [1.54, 1.807) is 7.11 Å². The van der Waals surface area contributed by atoms with Gasteiger partial charge in [-0.3, -0.25) is 9.80 Å². The Morgan fingerprint density at radius 2 is 1.72 bits per heavy atom. The van der Waals surface area contributed by atoms with E-state index in [4.69, 9.17) is 9.15 Å². The lowest BCUT2D eigenvalue weighted by molar-refractivity contribution is -0.153. The third-order valence-electron chi connectivity index (χ3n) is 5.75. The molecule has 0 amide bonds. The predicted molar refractivity (Wildman–Crippen MR) is 109 cm³/mol. The Hall–Kier alpha value is -1.41. The highest BCUT2D eigenvalue weighted by Gasteiger charge is 2.46. The Labute approximate surface area is 180 Å². The molecule has 9 heteroatoms. The molecule has 3 heterocycles. The zero-order valence-corrected chi connectivity index (χ0v) is 17.8. The van der Waals surface area contributed by atoms with Crippen molar-refractivity contribution in [2.45, 2.75) is 18.8 Å². The summed E-state index contributed by atoms with van der Waals surface area (Å²) in [7, 11) is 3.79. The van der Waals surface area contributed by atoms with Crippen LogP contribution in [0.15, 0.2) is 40.8 Å². The summed E-state index contributed by atoms with van der Waals surface area (Å²) in [6.07, 6.45) is -4.43. The minimum absolute atomic E-state index is 0. The lowest BCUT2D eigenvalue weighted by Gasteiger charge is -2.26. The number of ether oxygens (including phenoxy) is 1. The first-order chi connectivity index (χ1) is 12.8. The monoisotopic (exact) mass is 452 g/mol. The smallest absolute Gasteiger partial charge is 0.449 e. The average molecular weight is 453 g/mol. The van der Waals surface area contributed by atoms with Crippen molar-refractivity contribution in [1.29, 1.82) is 0 Å². The number of halogens is 5. The maximum Gasteiger partial charge on any atom is 0.449 e. The van der Waals surface area contributed by atoms with Crippen LogP contribution in [0.1, 0.15) is 23.1 Å². The van der Waals surface area contributed by atoms with E-state index in [0.29, 0.717) is 30.2 Å². The first-order valence-corrected chi connectivity index (χ1v) is 9.07. The molecule has 0 spiro atoms. The second-order valence-corrected chi connectivity index (χ2v) is 7.54. The number of hydrogen-bond acceptors (Lipinski definition) is 4. The number of alkyl halides is 3. The predicted octanol–water partition coefficient (Wildman–Crippen LogP) is 4.89. The van der Waals surface area contributed by atoms with Gasteiger partial charge in [0.05, 0.1) is 13.7 Å². The largest absolute Gasteiger partial charge is 0.497 e. The molecule has 2 aromatic rings. The van der Waals surface area contributed by atoms with Crippen LogP contribution >= 0.6 is 24.8 Å². The Balaban J connectivity index is 0.00000150. The fourth-order valence-electron chi connectivity index (χ4n) is 4.62. The first-order valence-electron chi connectivity index (χ1n) is 9.07. The number of hydrogen-bond donors (Lipinski definition) is 0. The lowest BCUT2D eigenvalue weighted by Crippen LogP contribution is -2.28. The van der Waals surface area contributed by atoms with Gasteiger partial charge in [-0.15, -0.1) is 24.8 Å². The second-order valence-electron chi connectivity index (χ2n) is 7.54. The summed E-state index contributed by atoms with van der Waals surface area (Å²) in [5.41, 5.74) is 1.25. The number of benzene rings is 1. The van der Waals surface area contributed by atoms with E-state index in [9.17, 15) is 13.2 Å². The van der Waals surface area contributed by atoms with Gasteiger partial charge in [-0.1, -0.05) is 12.1 Å². The van der Waals surface area contributed by atoms with E-state index >= 15 is 0 Å². The molecule has 0 N–H and O–H groups in total. The molecule has 0 aliphatic carbocycles. The fourth-order valence-corrected chi connectivity index (χ4v) is 4.62. The number of nitrogens with zero attached hydrogens (tertiary/aromatic N) is 2. The molecule has 4 nitrogen and oxygen atoms in total. The van der Waals surface area contributed by atoms with Crippen LogP contribution in [0.25, 0.3) is 0 Å². The summed E-state index contributed by atoms with van der Waals surface area (Å²) < 4.78 is 48.4. The first kappa shape index (κ1) is 23.9. The van der Waals surface area contributed by atoms with Crippen LogP contribution < -0.4 is 4.74 Å². The van der Waals surface area contributed by atoms with E-state index in [1.807, 2.05) is 12.1 Å². The van der Waals surface area contributed by atoms with E-state index in [2.05, 4.69) is 29.0 Å². The number of rotatable bonds is 4. The number of furan rings is 1. The molecule has 2 fully saturated rings. The Morgan fingerprint density at radius 3 is 2.31 bits per heavy atom. The van der Waals surface area contributed by atoms with Crippen molar-refractivity contribution in [1.82, 2.24) is 9.80 Å². The van der Waals surface area contributed by atoms with Crippen LogP contribution in [0.5, 0.6) is 5.75 Å². The highest BCUT2D eigenvalue weighted by atomic mass is 35.5. The summed E-state index contributed by atoms with van der Waals surface area (Å²) in [4.78, 5) is 4.58. The molecule has 2 saturated heterocycles. The molecule has 0 radical (unpaired) electrons. The molecular formula is C20H25Cl2F3N2O2. The fraction of sp³-hybridized carbons (Fsp3) is 0.500. The van der Waals surface area contributed by atoms with Gasteiger partial charge in [-0.25, -0.2) is 0 Å². The van der Waals surface area contributed by atoms with Crippen LogP contribution in [0.4, 0.5) is 13.2 Å². The van der Waals surface area contributed by atoms with Gasteiger partial charge in [0.2, 0.25) is 5.76 Å². The topological polar surface area (TPSA) is 28.9 Å². The maximum absolute atomic E-state index is 12.7. The van der Waals surface area contributed by atoms with Crippen molar-refractivity contribution >= 4 is 24.8 Å². The summed E-state index contributed by atoms with van der Waals surface area (Å²) >= 11 is 0. The summed E-state index contributed by atoms with van der Waals surface area (Å²) in [6, 6.07) is 10.9. The Kier molecular flexibility index (Phi) is 7.54. The second kappa shape index (κ2) is 9.16. The Morgan fingerprint density at radius 1 is 1.03 bits per heavy atom. The molecular weight excluding hydrogens is 428 g/mol. The van der Waals surface area contributed by atoms with Crippen molar-refractivity contribution in [3.8, 4) is 5.75 Å². The van der Waals surface area contributed by atoms with E-state index in [0.717, 1.165) is 31.5 Å². The van der Waals surface area contributed by atoms with Gasteiger partial charge in [0.1, 0.15) is 11.5 Å². The van der Waals surface area contributed by atoms with E-state index in [1.165, 1.54) is 11.6 Å². The third kappa shape index (κ3) is 4.85. The van der Waals surface area contributed by atoms with Gasteiger partial charge in [0.25, 0.3) is 0 Å². The van der Waals surface area contributed by atoms with Crippen molar-refractivity contribution in [3.05, 3.63) is 53.5 Å². The van der Waals surface area contributed by atoms with Crippen LogP contribution in [0.2, 0.25) is 0 Å². The molecule has 0 saturated carbocycles. The molecule has 162 valence electrons. The van der Waals surface area contributed by atoms with Crippen LogP contribution in [-0.2, 0) is 12.7 Å². The van der Waals surface area contributed by atoms with Crippen molar-refractivity contribution in [3.63, 3.8) is 0 Å². The molecule has 4 rings (SSSR count). The van der Waals surface area contributed by atoms with Gasteiger partial charge in [0, 0.05) is 25.7 Å². The van der Waals surface area contributed by atoms with Gasteiger partial charge >= 0.3 is 6.18 Å². The van der Waals surface area contributed by atoms with Gasteiger partial charge in [-0.2, -0.15) is 13.2 Å². The average Bonchev–Trinajstić information content (AvgIpc) is 3.29. The van der Waals surface area contributed by atoms with Gasteiger partial charge < -0.3 is 9.15 Å². The normalized spacial score (nSPS) is 24.7.